The van der Waals surface area contributed by atoms with Crippen LogP contribution in [0.2, 0.25) is 0 Å². The molecule has 128 valence electrons. The molecule has 1 aromatic rings. The number of nitrogens with zero attached hydrogens (tertiary/aromatic N) is 4. The first-order valence-corrected chi connectivity index (χ1v) is 9.70. The average Bonchev–Trinajstić information content (AvgIpc) is 3.02. The molecule has 3 heterocycles. The zero-order valence-electron chi connectivity index (χ0n) is 14.3. The number of hydrogen-bond donors (Lipinski definition) is 0. The van der Waals surface area contributed by atoms with Crippen LogP contribution in [0.15, 0.2) is 10.9 Å². The smallest absolute Gasteiger partial charge is 0.237 e. The molecule has 3 rings (SSSR count). The van der Waals surface area contributed by atoms with Crippen molar-refractivity contribution >= 4 is 17.2 Å². The van der Waals surface area contributed by atoms with Crippen molar-refractivity contribution in [3.05, 3.63) is 16.6 Å². The highest BCUT2D eigenvalue weighted by Crippen LogP contribution is 2.22. The Balaban J connectivity index is 1.45. The van der Waals surface area contributed by atoms with Gasteiger partial charge in [0.25, 0.3) is 0 Å². The Kier molecular flexibility index (Phi) is 5.67. The largest absolute Gasteiger partial charge is 0.336 e. The Morgan fingerprint density at radius 2 is 1.83 bits per heavy atom. The highest BCUT2D eigenvalue weighted by molar-refractivity contribution is 7.07. The standard InChI is InChI=1S/C17H28N4OS/c1-14-4-3-5-15(2)21(14)17(22)11-20-8-6-19(7-9-20)10-16-12-23-13-18-16/h12-15H,3-11H2,1-2H3/t14-,15+. The fourth-order valence-electron chi connectivity index (χ4n) is 3.84. The van der Waals surface area contributed by atoms with Crippen molar-refractivity contribution in [3.63, 3.8) is 0 Å². The van der Waals surface area contributed by atoms with Crippen molar-refractivity contribution in [2.24, 2.45) is 0 Å². The molecular weight excluding hydrogens is 308 g/mol. The molecule has 0 unspecified atom stereocenters. The van der Waals surface area contributed by atoms with E-state index in [1.54, 1.807) is 11.3 Å². The van der Waals surface area contributed by atoms with Gasteiger partial charge < -0.3 is 4.90 Å². The third kappa shape index (κ3) is 4.31. The third-order valence-electron chi connectivity index (χ3n) is 5.17. The first kappa shape index (κ1) is 16.9. The number of rotatable bonds is 4. The molecule has 0 bridgehead atoms. The fraction of sp³-hybridized carbons (Fsp3) is 0.765. The van der Waals surface area contributed by atoms with Crippen LogP contribution in [0.1, 0.15) is 38.8 Å². The van der Waals surface area contributed by atoms with E-state index < -0.39 is 0 Å². The van der Waals surface area contributed by atoms with E-state index in [-0.39, 0.29) is 0 Å². The van der Waals surface area contributed by atoms with E-state index in [0.29, 0.717) is 24.5 Å². The molecule has 2 aliphatic heterocycles. The number of piperidine rings is 1. The lowest BCUT2D eigenvalue weighted by Crippen LogP contribution is -2.54. The van der Waals surface area contributed by atoms with Crippen LogP contribution in [0.3, 0.4) is 0 Å². The summed E-state index contributed by atoms with van der Waals surface area (Å²) in [6.45, 7) is 9.91. The number of piperazine rings is 1. The maximum atomic E-state index is 12.7. The molecule has 0 radical (unpaired) electrons. The van der Waals surface area contributed by atoms with Gasteiger partial charge in [0, 0.05) is 50.2 Å². The maximum Gasteiger partial charge on any atom is 0.237 e. The van der Waals surface area contributed by atoms with Crippen molar-refractivity contribution in [1.29, 1.82) is 0 Å². The monoisotopic (exact) mass is 336 g/mol. The van der Waals surface area contributed by atoms with E-state index in [1.165, 1.54) is 6.42 Å². The maximum absolute atomic E-state index is 12.7. The predicted octanol–water partition coefficient (Wildman–Crippen LogP) is 2.05. The molecule has 0 saturated carbocycles. The molecule has 2 atom stereocenters. The summed E-state index contributed by atoms with van der Waals surface area (Å²) >= 11 is 1.65. The summed E-state index contributed by atoms with van der Waals surface area (Å²) in [4.78, 5) is 23.9. The summed E-state index contributed by atoms with van der Waals surface area (Å²) < 4.78 is 0. The minimum atomic E-state index is 0.317. The van der Waals surface area contributed by atoms with Crippen LogP contribution >= 0.6 is 11.3 Å². The number of carbonyl (C=O) groups excluding carboxylic acids is 1. The molecule has 0 aromatic carbocycles. The Labute approximate surface area is 143 Å². The van der Waals surface area contributed by atoms with E-state index in [9.17, 15) is 4.79 Å². The molecule has 6 heteroatoms. The average molecular weight is 337 g/mol. The summed E-state index contributed by atoms with van der Waals surface area (Å²) in [5.74, 6) is 0.317. The summed E-state index contributed by atoms with van der Waals surface area (Å²) in [6.07, 6.45) is 3.55. The van der Waals surface area contributed by atoms with Crippen molar-refractivity contribution in [2.45, 2.75) is 51.7 Å². The topological polar surface area (TPSA) is 39.7 Å². The third-order valence-corrected chi connectivity index (χ3v) is 5.81. The Bertz CT molecular complexity index is 489. The zero-order chi connectivity index (χ0) is 16.2. The zero-order valence-corrected chi connectivity index (χ0v) is 15.1. The normalized spacial score (nSPS) is 27.3. The molecule has 1 amide bonds. The second-order valence-electron chi connectivity index (χ2n) is 6.96. The van der Waals surface area contributed by atoms with Crippen LogP contribution < -0.4 is 0 Å². The Morgan fingerprint density at radius 1 is 1.17 bits per heavy atom. The molecule has 0 aliphatic carbocycles. The van der Waals surface area contributed by atoms with Gasteiger partial charge in [-0.2, -0.15) is 0 Å². The van der Waals surface area contributed by atoms with Crippen LogP contribution in [0.5, 0.6) is 0 Å². The minimum absolute atomic E-state index is 0.317. The number of aromatic nitrogens is 1. The first-order chi connectivity index (χ1) is 11.1. The van der Waals surface area contributed by atoms with Gasteiger partial charge >= 0.3 is 0 Å². The van der Waals surface area contributed by atoms with Crippen LogP contribution in [0.4, 0.5) is 0 Å². The van der Waals surface area contributed by atoms with Crippen LogP contribution in [-0.4, -0.2) is 70.4 Å². The van der Waals surface area contributed by atoms with E-state index in [2.05, 4.69) is 38.9 Å². The molecular formula is C17H28N4OS. The molecule has 0 spiro atoms. The van der Waals surface area contributed by atoms with Gasteiger partial charge in [0.1, 0.15) is 0 Å². The summed E-state index contributed by atoms with van der Waals surface area (Å²) in [5.41, 5.74) is 3.06. The SMILES string of the molecule is C[C@@H]1CCC[C@H](C)N1C(=O)CN1CCN(Cc2cscn2)CC1. The number of amides is 1. The van der Waals surface area contributed by atoms with Crippen molar-refractivity contribution in [1.82, 2.24) is 19.7 Å². The van der Waals surface area contributed by atoms with Gasteiger partial charge in [-0.05, 0) is 33.1 Å². The lowest BCUT2D eigenvalue weighted by molar-refractivity contribution is -0.139. The fourth-order valence-corrected chi connectivity index (χ4v) is 4.39. The highest BCUT2D eigenvalue weighted by atomic mass is 32.1. The first-order valence-electron chi connectivity index (χ1n) is 8.76. The van der Waals surface area contributed by atoms with E-state index in [4.69, 9.17) is 0 Å². The molecule has 2 saturated heterocycles. The van der Waals surface area contributed by atoms with Crippen molar-refractivity contribution < 1.29 is 4.79 Å². The van der Waals surface area contributed by atoms with Crippen molar-refractivity contribution in [3.8, 4) is 0 Å². The summed E-state index contributed by atoms with van der Waals surface area (Å²) in [7, 11) is 0. The van der Waals surface area contributed by atoms with Gasteiger partial charge in [-0.15, -0.1) is 11.3 Å². The second-order valence-corrected chi connectivity index (χ2v) is 7.68. The molecule has 1 aromatic heterocycles. The molecule has 5 nitrogen and oxygen atoms in total. The lowest BCUT2D eigenvalue weighted by atomic mass is 9.97. The Morgan fingerprint density at radius 3 is 2.43 bits per heavy atom. The molecule has 0 N–H and O–H groups in total. The van der Waals surface area contributed by atoms with Gasteiger partial charge in [-0.25, -0.2) is 4.98 Å². The number of thiazole rings is 1. The van der Waals surface area contributed by atoms with Gasteiger partial charge in [-0.1, -0.05) is 0 Å². The van der Waals surface area contributed by atoms with Crippen LogP contribution in [0, 0.1) is 0 Å². The van der Waals surface area contributed by atoms with Gasteiger partial charge in [0.05, 0.1) is 17.7 Å². The van der Waals surface area contributed by atoms with E-state index >= 15 is 0 Å². The molecule has 2 aliphatic rings. The number of carbonyl (C=O) groups is 1. The molecule has 2 fully saturated rings. The lowest BCUT2D eigenvalue weighted by Gasteiger charge is -2.41. The quantitative estimate of drug-likeness (QED) is 0.844. The summed E-state index contributed by atoms with van der Waals surface area (Å²) in [6, 6.07) is 0.800. The van der Waals surface area contributed by atoms with Crippen LogP contribution in [-0.2, 0) is 11.3 Å². The van der Waals surface area contributed by atoms with Crippen LogP contribution in [0.25, 0.3) is 0 Å². The van der Waals surface area contributed by atoms with E-state index in [1.807, 2.05) is 5.51 Å². The Hall–Kier alpha value is -0.980. The minimum Gasteiger partial charge on any atom is -0.336 e. The second kappa shape index (κ2) is 7.73. The highest BCUT2D eigenvalue weighted by Gasteiger charge is 2.30. The van der Waals surface area contributed by atoms with E-state index in [0.717, 1.165) is 51.3 Å². The van der Waals surface area contributed by atoms with Crippen molar-refractivity contribution in [2.75, 3.05) is 32.7 Å². The summed E-state index contributed by atoms with van der Waals surface area (Å²) in [5, 5.41) is 2.12. The van der Waals surface area contributed by atoms with Gasteiger partial charge in [-0.3, -0.25) is 14.6 Å². The molecule has 23 heavy (non-hydrogen) atoms. The number of hydrogen-bond acceptors (Lipinski definition) is 5. The number of likely N-dealkylation sites (tertiary alicyclic amines) is 1. The van der Waals surface area contributed by atoms with Gasteiger partial charge in [0.15, 0.2) is 0 Å². The van der Waals surface area contributed by atoms with Gasteiger partial charge in [0.2, 0.25) is 5.91 Å². The predicted molar refractivity (Wildman–Crippen MR) is 93.5 cm³/mol.